The van der Waals surface area contributed by atoms with Crippen LogP contribution in [0.5, 0.6) is 11.6 Å². The van der Waals surface area contributed by atoms with Crippen molar-refractivity contribution < 1.29 is 19.6 Å². The molecule has 9 heteroatoms. The van der Waals surface area contributed by atoms with Gasteiger partial charge in [0.05, 0.1) is 4.92 Å². The monoisotopic (exact) mass is 318 g/mol. The normalized spacial score (nSPS) is 9.96. The summed E-state index contributed by atoms with van der Waals surface area (Å²) in [4.78, 5) is 24.9. The van der Waals surface area contributed by atoms with E-state index in [1.165, 1.54) is 12.1 Å². The standard InChI is InChI=1S/C14H14N4O5/c1-2-15-11-7-13(16-8-12(11)18(21)22)23-10-5-3-4-9(6-10)17-14(19)20/h3-8,17H,2H2,1H3,(H,15,16)(H,19,20). The minimum atomic E-state index is -1.19. The molecule has 0 atom stereocenters. The molecular weight excluding hydrogens is 304 g/mol. The summed E-state index contributed by atoms with van der Waals surface area (Å²) in [5, 5.41) is 24.7. The number of benzene rings is 1. The van der Waals surface area contributed by atoms with Gasteiger partial charge < -0.3 is 15.2 Å². The topological polar surface area (TPSA) is 127 Å². The van der Waals surface area contributed by atoms with Crippen molar-refractivity contribution in [2.45, 2.75) is 6.92 Å². The van der Waals surface area contributed by atoms with Crippen molar-refractivity contribution in [1.82, 2.24) is 4.98 Å². The first kappa shape index (κ1) is 16.0. The first-order chi connectivity index (χ1) is 11.0. The van der Waals surface area contributed by atoms with Crippen LogP contribution in [-0.2, 0) is 0 Å². The van der Waals surface area contributed by atoms with E-state index in [1.807, 2.05) is 6.92 Å². The molecule has 0 saturated heterocycles. The van der Waals surface area contributed by atoms with Gasteiger partial charge in [0.2, 0.25) is 5.88 Å². The third kappa shape index (κ3) is 4.30. The molecule has 0 aliphatic rings. The van der Waals surface area contributed by atoms with Crippen LogP contribution in [0.2, 0.25) is 0 Å². The van der Waals surface area contributed by atoms with Gasteiger partial charge in [-0.15, -0.1) is 0 Å². The molecule has 0 fully saturated rings. The summed E-state index contributed by atoms with van der Waals surface area (Å²) in [6.07, 6.45) is -0.0859. The van der Waals surface area contributed by atoms with Crippen molar-refractivity contribution in [3.05, 3.63) is 46.6 Å². The highest BCUT2D eigenvalue weighted by atomic mass is 16.6. The van der Waals surface area contributed by atoms with Crippen molar-refractivity contribution in [3.8, 4) is 11.6 Å². The molecule has 9 nitrogen and oxygen atoms in total. The minimum absolute atomic E-state index is 0.152. The van der Waals surface area contributed by atoms with E-state index in [4.69, 9.17) is 9.84 Å². The molecule has 2 aromatic rings. The van der Waals surface area contributed by atoms with Crippen molar-refractivity contribution in [1.29, 1.82) is 0 Å². The maximum absolute atomic E-state index is 10.9. The lowest BCUT2D eigenvalue weighted by Crippen LogP contribution is -2.07. The first-order valence-corrected chi connectivity index (χ1v) is 6.65. The summed E-state index contributed by atoms with van der Waals surface area (Å²) in [6, 6.07) is 7.68. The Morgan fingerprint density at radius 2 is 2.22 bits per heavy atom. The lowest BCUT2D eigenvalue weighted by Gasteiger charge is -2.09. The van der Waals surface area contributed by atoms with Crippen LogP contribution in [0.3, 0.4) is 0 Å². The Bertz CT molecular complexity index is 735. The first-order valence-electron chi connectivity index (χ1n) is 6.65. The lowest BCUT2D eigenvalue weighted by atomic mass is 10.3. The molecule has 0 unspecified atom stereocenters. The number of hydrogen-bond acceptors (Lipinski definition) is 6. The highest BCUT2D eigenvalue weighted by molar-refractivity contribution is 5.83. The van der Waals surface area contributed by atoms with E-state index in [9.17, 15) is 14.9 Å². The molecule has 1 heterocycles. The number of carbonyl (C=O) groups is 1. The van der Waals surface area contributed by atoms with Crippen LogP contribution in [0, 0.1) is 10.1 Å². The van der Waals surface area contributed by atoms with E-state index in [1.54, 1.807) is 18.2 Å². The van der Waals surface area contributed by atoms with Gasteiger partial charge >= 0.3 is 11.8 Å². The van der Waals surface area contributed by atoms with Crippen LogP contribution in [0.1, 0.15) is 6.92 Å². The average molecular weight is 318 g/mol. The predicted octanol–water partition coefficient (Wildman–Crippen LogP) is 3.30. The van der Waals surface area contributed by atoms with Crippen LogP contribution >= 0.6 is 0 Å². The van der Waals surface area contributed by atoms with Crippen molar-refractivity contribution in [3.63, 3.8) is 0 Å². The number of hydrogen-bond donors (Lipinski definition) is 3. The second-order valence-electron chi connectivity index (χ2n) is 4.39. The second-order valence-corrected chi connectivity index (χ2v) is 4.39. The molecule has 120 valence electrons. The third-order valence-corrected chi connectivity index (χ3v) is 2.73. The Morgan fingerprint density at radius 3 is 2.87 bits per heavy atom. The summed E-state index contributed by atoms with van der Waals surface area (Å²) in [7, 11) is 0. The highest BCUT2D eigenvalue weighted by Crippen LogP contribution is 2.29. The molecule has 0 saturated carbocycles. The maximum atomic E-state index is 10.9. The summed E-state index contributed by atoms with van der Waals surface area (Å²) >= 11 is 0. The van der Waals surface area contributed by atoms with Gasteiger partial charge in [-0.2, -0.15) is 0 Å². The molecule has 0 aliphatic carbocycles. The van der Waals surface area contributed by atoms with Gasteiger partial charge in [-0.1, -0.05) is 6.07 Å². The second kappa shape index (κ2) is 7.07. The SMILES string of the molecule is CCNc1cc(Oc2cccc(NC(=O)O)c2)ncc1[N+](=O)[O-]. The van der Waals surface area contributed by atoms with E-state index in [-0.39, 0.29) is 11.6 Å². The summed E-state index contributed by atoms with van der Waals surface area (Å²) in [5.74, 6) is 0.499. The summed E-state index contributed by atoms with van der Waals surface area (Å²) in [6.45, 7) is 2.31. The van der Waals surface area contributed by atoms with Crippen LogP contribution < -0.4 is 15.4 Å². The van der Waals surface area contributed by atoms with E-state index in [0.717, 1.165) is 6.20 Å². The smallest absolute Gasteiger partial charge is 0.409 e. The fraction of sp³-hybridized carbons (Fsp3) is 0.143. The van der Waals surface area contributed by atoms with Crippen molar-refractivity contribution in [2.75, 3.05) is 17.2 Å². The van der Waals surface area contributed by atoms with Crippen LogP contribution in [0.15, 0.2) is 36.5 Å². The lowest BCUT2D eigenvalue weighted by molar-refractivity contribution is -0.384. The van der Waals surface area contributed by atoms with Crippen LogP contribution in [0.25, 0.3) is 0 Å². The van der Waals surface area contributed by atoms with Gasteiger partial charge in [0.1, 0.15) is 17.6 Å². The number of anilines is 2. The summed E-state index contributed by atoms with van der Waals surface area (Å²) < 4.78 is 5.52. The number of rotatable bonds is 6. The van der Waals surface area contributed by atoms with Gasteiger partial charge in [-0.05, 0) is 19.1 Å². The van der Waals surface area contributed by atoms with Gasteiger partial charge in [-0.3, -0.25) is 15.4 Å². The number of nitro groups is 1. The van der Waals surface area contributed by atoms with Gasteiger partial charge in [-0.25, -0.2) is 9.78 Å². The maximum Gasteiger partial charge on any atom is 0.409 e. The third-order valence-electron chi connectivity index (χ3n) is 2.73. The molecule has 0 aliphatic heterocycles. The molecule has 1 aromatic carbocycles. The zero-order valence-electron chi connectivity index (χ0n) is 12.1. The van der Waals surface area contributed by atoms with Gasteiger partial charge in [0, 0.05) is 24.4 Å². The Labute approximate surface area is 131 Å². The minimum Gasteiger partial charge on any atom is -0.465 e. The summed E-state index contributed by atoms with van der Waals surface area (Å²) in [5.41, 5.74) is 0.478. The molecule has 0 spiro atoms. The molecule has 3 N–H and O–H groups in total. The number of amides is 1. The molecular formula is C14H14N4O5. The number of aromatic nitrogens is 1. The number of carboxylic acid groups (broad SMARTS) is 1. The van der Waals surface area contributed by atoms with E-state index in [2.05, 4.69) is 15.6 Å². The Balaban J connectivity index is 2.24. The van der Waals surface area contributed by atoms with E-state index in [0.29, 0.717) is 23.7 Å². The zero-order chi connectivity index (χ0) is 16.8. The fourth-order valence-corrected chi connectivity index (χ4v) is 1.84. The Hall–Kier alpha value is -3.36. The van der Waals surface area contributed by atoms with E-state index >= 15 is 0 Å². The van der Waals surface area contributed by atoms with Gasteiger partial charge in [0.15, 0.2) is 0 Å². The molecule has 0 bridgehead atoms. The number of nitrogens with one attached hydrogen (secondary N) is 2. The number of pyridine rings is 1. The molecule has 2 rings (SSSR count). The zero-order valence-corrected chi connectivity index (χ0v) is 12.1. The molecule has 1 amide bonds. The number of nitrogens with zero attached hydrogens (tertiary/aromatic N) is 2. The quantitative estimate of drug-likeness (QED) is 0.550. The van der Waals surface area contributed by atoms with Crippen molar-refractivity contribution >= 4 is 23.2 Å². The van der Waals surface area contributed by atoms with Gasteiger partial charge in [0.25, 0.3) is 0 Å². The fourth-order valence-electron chi connectivity index (χ4n) is 1.84. The highest BCUT2D eigenvalue weighted by Gasteiger charge is 2.15. The predicted molar refractivity (Wildman–Crippen MR) is 83.2 cm³/mol. The largest absolute Gasteiger partial charge is 0.465 e. The molecule has 1 aromatic heterocycles. The molecule has 0 radical (unpaired) electrons. The van der Waals surface area contributed by atoms with Crippen molar-refractivity contribution in [2.24, 2.45) is 0 Å². The van der Waals surface area contributed by atoms with Crippen LogP contribution in [-0.4, -0.2) is 27.7 Å². The molecule has 23 heavy (non-hydrogen) atoms. The van der Waals surface area contributed by atoms with E-state index < -0.39 is 11.0 Å². The number of ether oxygens (including phenoxy) is 1. The Kier molecular flexibility index (Phi) is 4.92. The average Bonchev–Trinajstić information content (AvgIpc) is 2.47. The Morgan fingerprint density at radius 1 is 1.43 bits per heavy atom. The van der Waals surface area contributed by atoms with Crippen LogP contribution in [0.4, 0.5) is 21.9 Å².